The van der Waals surface area contributed by atoms with E-state index >= 15 is 0 Å². The van der Waals surface area contributed by atoms with E-state index in [4.69, 9.17) is 0 Å². The molecule has 0 aliphatic carbocycles. The summed E-state index contributed by atoms with van der Waals surface area (Å²) in [7, 11) is 0. The molecule has 0 radical (unpaired) electrons. The molecule has 0 unspecified atom stereocenters. The standard InChI is InChI=1S/C16H21N3O/c1-5-17-10-16-11(2)18-19(12(16)3)15-8-6-7-14(9-15)13(4)20/h6-9,17H,5,10H2,1-4H3. The number of aromatic nitrogens is 2. The first kappa shape index (κ1) is 14.5. The molecule has 0 saturated carbocycles. The van der Waals surface area contributed by atoms with Crippen LogP contribution in [0.15, 0.2) is 24.3 Å². The van der Waals surface area contributed by atoms with Crippen LogP contribution in [0.4, 0.5) is 0 Å². The van der Waals surface area contributed by atoms with Crippen LogP contribution in [0.1, 0.15) is 41.2 Å². The molecule has 0 atom stereocenters. The van der Waals surface area contributed by atoms with Crippen molar-refractivity contribution in [1.82, 2.24) is 15.1 Å². The fraction of sp³-hybridized carbons (Fsp3) is 0.375. The smallest absolute Gasteiger partial charge is 0.159 e. The Kier molecular flexibility index (Phi) is 4.35. The van der Waals surface area contributed by atoms with Gasteiger partial charge in [0, 0.05) is 23.4 Å². The minimum atomic E-state index is 0.0706. The Bertz CT molecular complexity index is 629. The van der Waals surface area contributed by atoms with Gasteiger partial charge in [-0.2, -0.15) is 5.10 Å². The molecule has 0 saturated heterocycles. The van der Waals surface area contributed by atoms with Crippen molar-refractivity contribution in [2.45, 2.75) is 34.2 Å². The Labute approximate surface area is 119 Å². The van der Waals surface area contributed by atoms with Crippen LogP contribution < -0.4 is 5.32 Å². The maximum atomic E-state index is 11.5. The SMILES string of the molecule is CCNCc1c(C)nn(-c2cccc(C(C)=O)c2)c1C. The molecule has 20 heavy (non-hydrogen) atoms. The fourth-order valence-electron chi connectivity index (χ4n) is 2.29. The van der Waals surface area contributed by atoms with Gasteiger partial charge < -0.3 is 5.32 Å². The van der Waals surface area contributed by atoms with Crippen LogP contribution in [0.25, 0.3) is 5.69 Å². The number of benzene rings is 1. The predicted molar refractivity (Wildman–Crippen MR) is 80.4 cm³/mol. The topological polar surface area (TPSA) is 46.9 Å². The number of rotatable bonds is 5. The van der Waals surface area contributed by atoms with Crippen LogP contribution in [0.3, 0.4) is 0 Å². The molecule has 0 spiro atoms. The third kappa shape index (κ3) is 2.80. The lowest BCUT2D eigenvalue weighted by Gasteiger charge is -2.07. The van der Waals surface area contributed by atoms with E-state index < -0.39 is 0 Å². The number of Topliss-reactive ketones (excluding diaryl/α,β-unsaturated/α-hetero) is 1. The maximum Gasteiger partial charge on any atom is 0.159 e. The van der Waals surface area contributed by atoms with Crippen molar-refractivity contribution in [2.24, 2.45) is 0 Å². The number of nitrogens with zero attached hydrogens (tertiary/aromatic N) is 2. The van der Waals surface area contributed by atoms with Gasteiger partial charge in [0.05, 0.1) is 11.4 Å². The highest BCUT2D eigenvalue weighted by molar-refractivity contribution is 5.94. The lowest BCUT2D eigenvalue weighted by Crippen LogP contribution is -2.13. The summed E-state index contributed by atoms with van der Waals surface area (Å²) in [5.74, 6) is 0.0706. The zero-order valence-corrected chi connectivity index (χ0v) is 12.5. The average Bonchev–Trinajstić information content (AvgIpc) is 2.72. The van der Waals surface area contributed by atoms with Gasteiger partial charge in [-0.05, 0) is 39.4 Å². The third-order valence-corrected chi connectivity index (χ3v) is 3.49. The van der Waals surface area contributed by atoms with E-state index in [-0.39, 0.29) is 5.78 Å². The highest BCUT2D eigenvalue weighted by atomic mass is 16.1. The van der Waals surface area contributed by atoms with Crippen molar-refractivity contribution >= 4 is 5.78 Å². The number of aryl methyl sites for hydroxylation is 1. The molecule has 4 heteroatoms. The van der Waals surface area contributed by atoms with Crippen molar-refractivity contribution in [2.75, 3.05) is 6.54 Å². The van der Waals surface area contributed by atoms with E-state index in [0.717, 1.165) is 30.2 Å². The quantitative estimate of drug-likeness (QED) is 0.851. The number of hydrogen-bond acceptors (Lipinski definition) is 3. The summed E-state index contributed by atoms with van der Waals surface area (Å²) in [4.78, 5) is 11.5. The highest BCUT2D eigenvalue weighted by Crippen LogP contribution is 2.18. The van der Waals surface area contributed by atoms with E-state index in [0.29, 0.717) is 5.56 Å². The van der Waals surface area contributed by atoms with Crippen molar-refractivity contribution in [3.05, 3.63) is 46.8 Å². The minimum Gasteiger partial charge on any atom is -0.313 e. The molecule has 106 valence electrons. The maximum absolute atomic E-state index is 11.5. The van der Waals surface area contributed by atoms with Gasteiger partial charge in [-0.25, -0.2) is 4.68 Å². The molecule has 4 nitrogen and oxygen atoms in total. The van der Waals surface area contributed by atoms with Crippen molar-refractivity contribution in [3.63, 3.8) is 0 Å². The third-order valence-electron chi connectivity index (χ3n) is 3.49. The summed E-state index contributed by atoms with van der Waals surface area (Å²) >= 11 is 0. The second-order valence-electron chi connectivity index (χ2n) is 4.95. The molecular weight excluding hydrogens is 250 g/mol. The number of hydrogen-bond donors (Lipinski definition) is 1. The summed E-state index contributed by atoms with van der Waals surface area (Å²) in [6, 6.07) is 7.59. The number of carbonyl (C=O) groups excluding carboxylic acids is 1. The first-order chi connectivity index (χ1) is 9.54. The fourth-order valence-corrected chi connectivity index (χ4v) is 2.29. The average molecular weight is 271 g/mol. The van der Waals surface area contributed by atoms with Gasteiger partial charge in [-0.3, -0.25) is 4.79 Å². The monoisotopic (exact) mass is 271 g/mol. The van der Waals surface area contributed by atoms with Crippen molar-refractivity contribution in [1.29, 1.82) is 0 Å². The van der Waals surface area contributed by atoms with E-state index in [1.54, 1.807) is 6.92 Å². The number of carbonyl (C=O) groups is 1. The summed E-state index contributed by atoms with van der Waals surface area (Å²) in [6.45, 7) is 9.50. The molecule has 0 amide bonds. The van der Waals surface area contributed by atoms with Gasteiger partial charge in [0.1, 0.15) is 0 Å². The molecular formula is C16H21N3O. The van der Waals surface area contributed by atoms with Gasteiger partial charge in [-0.1, -0.05) is 19.1 Å². The Morgan fingerprint density at radius 2 is 2.10 bits per heavy atom. The normalized spacial score (nSPS) is 10.8. The molecule has 0 fully saturated rings. The van der Waals surface area contributed by atoms with E-state index in [1.165, 1.54) is 5.56 Å². The summed E-state index contributed by atoms with van der Waals surface area (Å²) in [5, 5.41) is 7.93. The van der Waals surface area contributed by atoms with E-state index in [9.17, 15) is 4.79 Å². The van der Waals surface area contributed by atoms with Gasteiger partial charge in [0.15, 0.2) is 5.78 Å². The Hall–Kier alpha value is -1.94. The Morgan fingerprint density at radius 3 is 2.75 bits per heavy atom. The van der Waals surface area contributed by atoms with E-state index in [2.05, 4.69) is 24.3 Å². The molecule has 1 heterocycles. The lowest BCUT2D eigenvalue weighted by atomic mass is 10.1. The largest absolute Gasteiger partial charge is 0.313 e. The van der Waals surface area contributed by atoms with Crippen molar-refractivity contribution in [3.8, 4) is 5.69 Å². The van der Waals surface area contributed by atoms with Crippen LogP contribution >= 0.6 is 0 Å². The van der Waals surface area contributed by atoms with Gasteiger partial charge >= 0.3 is 0 Å². The second-order valence-corrected chi connectivity index (χ2v) is 4.95. The summed E-state index contributed by atoms with van der Waals surface area (Å²) in [6.07, 6.45) is 0. The second kappa shape index (κ2) is 6.01. The minimum absolute atomic E-state index is 0.0706. The molecule has 0 aliphatic rings. The zero-order chi connectivity index (χ0) is 14.7. The molecule has 1 aromatic carbocycles. The predicted octanol–water partition coefficient (Wildman–Crippen LogP) is 2.80. The van der Waals surface area contributed by atoms with Crippen LogP contribution in [0.5, 0.6) is 0 Å². The molecule has 0 aliphatic heterocycles. The first-order valence-corrected chi connectivity index (χ1v) is 6.91. The highest BCUT2D eigenvalue weighted by Gasteiger charge is 2.12. The Morgan fingerprint density at radius 1 is 1.35 bits per heavy atom. The molecule has 1 aromatic heterocycles. The van der Waals surface area contributed by atoms with Crippen LogP contribution in [0.2, 0.25) is 0 Å². The van der Waals surface area contributed by atoms with Gasteiger partial charge in [0.25, 0.3) is 0 Å². The molecule has 0 bridgehead atoms. The summed E-state index contributed by atoms with van der Waals surface area (Å²) < 4.78 is 1.91. The molecule has 2 aromatic rings. The van der Waals surface area contributed by atoms with Crippen molar-refractivity contribution < 1.29 is 4.79 Å². The Balaban J connectivity index is 2.43. The van der Waals surface area contributed by atoms with Crippen LogP contribution in [-0.4, -0.2) is 22.1 Å². The molecule has 2 rings (SSSR count). The number of nitrogens with one attached hydrogen (secondary N) is 1. The van der Waals surface area contributed by atoms with Crippen LogP contribution in [-0.2, 0) is 6.54 Å². The number of ketones is 1. The zero-order valence-electron chi connectivity index (χ0n) is 12.5. The van der Waals surface area contributed by atoms with Gasteiger partial charge in [-0.15, -0.1) is 0 Å². The molecule has 1 N–H and O–H groups in total. The lowest BCUT2D eigenvalue weighted by molar-refractivity contribution is 0.101. The summed E-state index contributed by atoms with van der Waals surface area (Å²) in [5.41, 5.74) is 5.00. The first-order valence-electron chi connectivity index (χ1n) is 6.91. The van der Waals surface area contributed by atoms with E-state index in [1.807, 2.05) is 35.9 Å². The van der Waals surface area contributed by atoms with Crippen LogP contribution in [0, 0.1) is 13.8 Å². The van der Waals surface area contributed by atoms with Gasteiger partial charge in [0.2, 0.25) is 0 Å².